The predicted molar refractivity (Wildman–Crippen MR) is 148 cm³/mol. The Morgan fingerprint density at radius 1 is 0.650 bits per heavy atom. The van der Waals surface area contributed by atoms with Crippen molar-refractivity contribution >= 4 is 0 Å². The van der Waals surface area contributed by atoms with Crippen LogP contribution in [0.3, 0.4) is 0 Å². The molecular weight excluding hydrogens is 513 g/mol. The first kappa shape index (κ1) is 27.2. The average molecular weight is 543 g/mol. The normalized spacial score (nSPS) is 13.4. The van der Waals surface area contributed by atoms with E-state index in [2.05, 4.69) is 40.9 Å². The van der Waals surface area contributed by atoms with Gasteiger partial charge in [0.15, 0.2) is 5.69 Å². The van der Waals surface area contributed by atoms with Crippen molar-refractivity contribution in [2.24, 2.45) is 5.92 Å². The zero-order chi connectivity index (χ0) is 28.7. The van der Waals surface area contributed by atoms with Crippen LogP contribution in [-0.2, 0) is 11.6 Å². The summed E-state index contributed by atoms with van der Waals surface area (Å²) in [6.07, 6.45) is 0.937. The third-order valence-electron chi connectivity index (χ3n) is 7.63. The standard InChI is InChI=1S/C31H29F3N6/c1-19(2)30(5,25-11-8-22(9-12-25)26-13-15-28(39-38-26)31(32,33)34)27-14-10-23(16-35-27)24-17-36-29(37-18-24)40-20(3)6-7-21(40)4/h6-19H,1-5H3/t30-/m0/s1. The van der Waals surface area contributed by atoms with Crippen molar-refractivity contribution < 1.29 is 13.2 Å². The van der Waals surface area contributed by atoms with E-state index in [4.69, 9.17) is 4.98 Å². The molecule has 0 radical (unpaired) electrons. The number of nitrogens with zero attached hydrogens (tertiary/aromatic N) is 6. The van der Waals surface area contributed by atoms with Crippen LogP contribution in [0.1, 0.15) is 49.1 Å². The molecule has 204 valence electrons. The number of benzene rings is 1. The van der Waals surface area contributed by atoms with Gasteiger partial charge in [-0.3, -0.25) is 9.55 Å². The highest BCUT2D eigenvalue weighted by atomic mass is 19.4. The number of halogens is 3. The molecule has 40 heavy (non-hydrogen) atoms. The summed E-state index contributed by atoms with van der Waals surface area (Å²) in [5.41, 5.74) is 5.53. The highest BCUT2D eigenvalue weighted by molar-refractivity contribution is 5.62. The Morgan fingerprint density at radius 3 is 1.73 bits per heavy atom. The fraction of sp³-hybridized carbons (Fsp3) is 0.258. The van der Waals surface area contributed by atoms with Crippen molar-refractivity contribution in [3.05, 3.63) is 108 Å². The van der Waals surface area contributed by atoms with Gasteiger partial charge in [0.2, 0.25) is 5.95 Å². The number of aromatic nitrogens is 6. The van der Waals surface area contributed by atoms with E-state index in [1.807, 2.05) is 85.5 Å². The summed E-state index contributed by atoms with van der Waals surface area (Å²) in [4.78, 5) is 14.0. The number of aryl methyl sites for hydroxylation is 2. The Labute approximate surface area is 231 Å². The van der Waals surface area contributed by atoms with Crippen LogP contribution >= 0.6 is 0 Å². The molecule has 0 fully saturated rings. The van der Waals surface area contributed by atoms with E-state index in [0.717, 1.165) is 39.8 Å². The first-order chi connectivity index (χ1) is 19.0. The minimum Gasteiger partial charge on any atom is -0.287 e. The van der Waals surface area contributed by atoms with E-state index in [0.29, 0.717) is 17.2 Å². The van der Waals surface area contributed by atoms with Crippen LogP contribution in [0.5, 0.6) is 0 Å². The van der Waals surface area contributed by atoms with Crippen LogP contribution in [0.2, 0.25) is 0 Å². The van der Waals surface area contributed by atoms with Gasteiger partial charge < -0.3 is 0 Å². The quantitative estimate of drug-likeness (QED) is 0.224. The molecule has 0 aliphatic rings. The summed E-state index contributed by atoms with van der Waals surface area (Å²) in [6.45, 7) is 10.5. The molecule has 0 aliphatic carbocycles. The lowest BCUT2D eigenvalue weighted by Crippen LogP contribution is -2.31. The minimum absolute atomic E-state index is 0.207. The lowest BCUT2D eigenvalue weighted by atomic mass is 9.70. The zero-order valence-corrected chi connectivity index (χ0v) is 22.9. The van der Waals surface area contributed by atoms with E-state index < -0.39 is 17.3 Å². The molecule has 0 aliphatic heterocycles. The van der Waals surface area contributed by atoms with Gasteiger partial charge in [0.1, 0.15) is 0 Å². The molecule has 9 heteroatoms. The van der Waals surface area contributed by atoms with Crippen molar-refractivity contribution in [3.63, 3.8) is 0 Å². The van der Waals surface area contributed by atoms with Gasteiger partial charge in [-0.25, -0.2) is 9.97 Å². The van der Waals surface area contributed by atoms with Crippen molar-refractivity contribution in [1.82, 2.24) is 29.7 Å². The second kappa shape index (κ2) is 10.3. The van der Waals surface area contributed by atoms with Crippen LogP contribution in [-0.4, -0.2) is 29.7 Å². The summed E-state index contributed by atoms with van der Waals surface area (Å²) < 4.78 is 40.5. The molecule has 4 heterocycles. The third kappa shape index (κ3) is 4.99. The van der Waals surface area contributed by atoms with Gasteiger partial charge in [-0.1, -0.05) is 44.2 Å². The van der Waals surface area contributed by atoms with Crippen molar-refractivity contribution in [2.75, 3.05) is 0 Å². The molecule has 1 aromatic carbocycles. The Kier molecular flexibility index (Phi) is 6.99. The smallest absolute Gasteiger partial charge is 0.287 e. The van der Waals surface area contributed by atoms with Crippen LogP contribution in [0.25, 0.3) is 28.3 Å². The first-order valence-electron chi connectivity index (χ1n) is 12.9. The van der Waals surface area contributed by atoms with Gasteiger partial charge in [-0.15, -0.1) is 10.2 Å². The number of rotatable bonds is 6. The third-order valence-corrected chi connectivity index (χ3v) is 7.63. The van der Waals surface area contributed by atoms with E-state index in [1.165, 1.54) is 6.07 Å². The van der Waals surface area contributed by atoms with Gasteiger partial charge in [-0.05, 0) is 62.6 Å². The molecule has 0 saturated heterocycles. The SMILES string of the molecule is Cc1ccc(C)n1-c1ncc(-c2ccc([C@](C)(c3ccc(-c4ccc(C(F)(F)F)nn4)cc3)C(C)C)nc2)cn1. The molecule has 5 aromatic rings. The van der Waals surface area contributed by atoms with Gasteiger partial charge in [-0.2, -0.15) is 13.2 Å². The number of hydrogen-bond acceptors (Lipinski definition) is 5. The molecule has 0 spiro atoms. The van der Waals surface area contributed by atoms with Crippen LogP contribution in [0.4, 0.5) is 13.2 Å². The molecule has 0 amide bonds. The van der Waals surface area contributed by atoms with E-state index in [-0.39, 0.29) is 5.92 Å². The van der Waals surface area contributed by atoms with Crippen LogP contribution in [0, 0.1) is 19.8 Å². The average Bonchev–Trinajstić information content (AvgIpc) is 3.29. The molecule has 0 N–H and O–H groups in total. The first-order valence-corrected chi connectivity index (χ1v) is 12.9. The van der Waals surface area contributed by atoms with Gasteiger partial charge >= 0.3 is 6.18 Å². The molecule has 4 aromatic heterocycles. The molecular formula is C31H29F3N6. The van der Waals surface area contributed by atoms with Crippen LogP contribution < -0.4 is 0 Å². The second-order valence-electron chi connectivity index (χ2n) is 10.4. The van der Waals surface area contributed by atoms with Gasteiger partial charge in [0.25, 0.3) is 0 Å². The Morgan fingerprint density at radius 2 is 1.23 bits per heavy atom. The Hall–Kier alpha value is -4.40. The van der Waals surface area contributed by atoms with Crippen LogP contribution in [0.15, 0.2) is 79.3 Å². The maximum absolute atomic E-state index is 12.8. The summed E-state index contributed by atoms with van der Waals surface area (Å²) >= 11 is 0. The largest absolute Gasteiger partial charge is 0.435 e. The van der Waals surface area contributed by atoms with Crippen molar-refractivity contribution in [3.8, 4) is 28.3 Å². The van der Waals surface area contributed by atoms with Gasteiger partial charge in [0, 0.05) is 52.1 Å². The molecule has 0 saturated carbocycles. The molecule has 5 rings (SSSR count). The molecule has 1 atom stereocenters. The lowest BCUT2D eigenvalue weighted by Gasteiger charge is -2.34. The summed E-state index contributed by atoms with van der Waals surface area (Å²) in [5, 5.41) is 7.11. The Bertz CT molecular complexity index is 1590. The predicted octanol–water partition coefficient (Wildman–Crippen LogP) is 7.38. The fourth-order valence-electron chi connectivity index (χ4n) is 4.84. The second-order valence-corrected chi connectivity index (χ2v) is 10.4. The summed E-state index contributed by atoms with van der Waals surface area (Å²) in [7, 11) is 0. The molecule has 6 nitrogen and oxygen atoms in total. The van der Waals surface area contributed by atoms with Crippen molar-refractivity contribution in [2.45, 2.75) is 46.2 Å². The Balaban J connectivity index is 1.39. The topological polar surface area (TPSA) is 69.4 Å². The van der Waals surface area contributed by atoms with Gasteiger partial charge in [0.05, 0.1) is 11.4 Å². The number of hydrogen-bond donors (Lipinski definition) is 0. The maximum Gasteiger partial charge on any atom is 0.435 e. The van der Waals surface area contributed by atoms with E-state index in [9.17, 15) is 13.2 Å². The summed E-state index contributed by atoms with van der Waals surface area (Å²) in [6, 6.07) is 18.1. The minimum atomic E-state index is -4.52. The van der Waals surface area contributed by atoms with E-state index in [1.54, 1.807) is 0 Å². The molecule has 0 unspecified atom stereocenters. The number of pyridine rings is 1. The highest BCUT2D eigenvalue weighted by Crippen LogP contribution is 2.39. The monoisotopic (exact) mass is 542 g/mol. The molecule has 0 bridgehead atoms. The fourth-order valence-corrected chi connectivity index (χ4v) is 4.84. The lowest BCUT2D eigenvalue weighted by molar-refractivity contribution is -0.141. The number of alkyl halides is 3. The van der Waals surface area contributed by atoms with Crippen molar-refractivity contribution in [1.29, 1.82) is 0 Å². The zero-order valence-electron chi connectivity index (χ0n) is 22.9. The van der Waals surface area contributed by atoms with E-state index >= 15 is 0 Å². The maximum atomic E-state index is 12.8. The highest BCUT2D eigenvalue weighted by Gasteiger charge is 2.35. The summed E-state index contributed by atoms with van der Waals surface area (Å²) in [5.74, 6) is 0.838.